The molecule has 0 amide bonds. The molecule has 1 aromatic carbocycles. The number of allylic oxidation sites excluding steroid dienone is 1. The molecule has 1 unspecified atom stereocenters. The average Bonchev–Trinajstić information content (AvgIpc) is 2.61. The van der Waals surface area contributed by atoms with Crippen LogP contribution in [0.1, 0.15) is 45.2 Å². The van der Waals surface area contributed by atoms with Gasteiger partial charge < -0.3 is 24.8 Å². The molecule has 1 heterocycles. The fraction of sp³-hybridized carbons (Fsp3) is 0.474. The lowest BCUT2D eigenvalue weighted by atomic mass is 9.95. The van der Waals surface area contributed by atoms with Crippen LogP contribution in [-0.4, -0.2) is 31.4 Å². The minimum absolute atomic E-state index is 0.306. The molecule has 6 nitrogen and oxygen atoms in total. The van der Waals surface area contributed by atoms with Crippen LogP contribution in [0.25, 0.3) is 0 Å². The Kier molecular flexibility index (Phi) is 7.26. The first-order valence-electron chi connectivity index (χ1n) is 8.77. The summed E-state index contributed by atoms with van der Waals surface area (Å²) in [6.45, 7) is 6.64. The summed E-state index contributed by atoms with van der Waals surface area (Å²) in [4.78, 5) is 12.4. The zero-order valence-electron chi connectivity index (χ0n) is 15.7. The number of carbonyl (C=O) groups is 1. The van der Waals surface area contributed by atoms with E-state index in [0.29, 0.717) is 41.1 Å². The number of methoxy groups -OCH3 is 1. The van der Waals surface area contributed by atoms with Gasteiger partial charge in [0.05, 0.1) is 31.9 Å². The molecule has 0 saturated carbocycles. The van der Waals surface area contributed by atoms with Crippen molar-refractivity contribution in [3.05, 3.63) is 35.0 Å². The fourth-order valence-corrected chi connectivity index (χ4v) is 3.00. The topological polar surface area (TPSA) is 68.8 Å². The van der Waals surface area contributed by atoms with Crippen LogP contribution in [0.15, 0.2) is 29.5 Å². The molecule has 2 N–H and O–H groups in total. The van der Waals surface area contributed by atoms with Gasteiger partial charge in [-0.05, 0) is 50.2 Å². The molecular formula is C19H26N2O4S. The van der Waals surface area contributed by atoms with Gasteiger partial charge in [0.1, 0.15) is 0 Å². The Hall–Kier alpha value is -2.28. The van der Waals surface area contributed by atoms with Gasteiger partial charge in [0.15, 0.2) is 16.6 Å². The third kappa shape index (κ3) is 4.66. The average molecular weight is 378 g/mol. The van der Waals surface area contributed by atoms with Gasteiger partial charge in [-0.2, -0.15) is 0 Å². The van der Waals surface area contributed by atoms with Crippen molar-refractivity contribution in [2.45, 2.75) is 39.7 Å². The van der Waals surface area contributed by atoms with Crippen molar-refractivity contribution in [3.8, 4) is 11.5 Å². The van der Waals surface area contributed by atoms with Crippen molar-refractivity contribution in [1.82, 2.24) is 10.6 Å². The van der Waals surface area contributed by atoms with E-state index in [1.807, 2.05) is 25.1 Å². The van der Waals surface area contributed by atoms with Gasteiger partial charge in [-0.1, -0.05) is 19.4 Å². The maximum absolute atomic E-state index is 12.4. The van der Waals surface area contributed by atoms with Crippen LogP contribution in [0.3, 0.4) is 0 Å². The van der Waals surface area contributed by atoms with Crippen molar-refractivity contribution in [2.75, 3.05) is 20.3 Å². The van der Waals surface area contributed by atoms with Gasteiger partial charge in [-0.25, -0.2) is 4.79 Å². The Labute approximate surface area is 159 Å². The van der Waals surface area contributed by atoms with E-state index < -0.39 is 6.04 Å². The minimum Gasteiger partial charge on any atom is -0.493 e. The summed E-state index contributed by atoms with van der Waals surface area (Å²) in [6.07, 6.45) is 2.04. The molecule has 0 spiro atoms. The highest BCUT2D eigenvalue weighted by molar-refractivity contribution is 7.80. The summed E-state index contributed by atoms with van der Waals surface area (Å²) in [5, 5.41) is 6.59. The van der Waals surface area contributed by atoms with E-state index in [2.05, 4.69) is 17.6 Å². The molecule has 2 rings (SSSR count). The second-order valence-electron chi connectivity index (χ2n) is 5.90. The molecule has 0 aromatic heterocycles. The number of benzene rings is 1. The summed E-state index contributed by atoms with van der Waals surface area (Å²) >= 11 is 5.26. The molecule has 0 fully saturated rings. The van der Waals surface area contributed by atoms with E-state index in [1.165, 1.54) is 0 Å². The van der Waals surface area contributed by atoms with Crippen LogP contribution in [0.4, 0.5) is 0 Å². The maximum Gasteiger partial charge on any atom is 0.338 e. The lowest BCUT2D eigenvalue weighted by molar-refractivity contribution is -0.139. The summed E-state index contributed by atoms with van der Waals surface area (Å²) < 4.78 is 16.5. The molecule has 1 aliphatic rings. The van der Waals surface area contributed by atoms with Crippen LogP contribution >= 0.6 is 12.2 Å². The van der Waals surface area contributed by atoms with Gasteiger partial charge in [-0.3, -0.25) is 0 Å². The highest BCUT2D eigenvalue weighted by Crippen LogP contribution is 2.34. The Balaban J connectivity index is 2.36. The van der Waals surface area contributed by atoms with Gasteiger partial charge in [0, 0.05) is 5.70 Å². The Morgan fingerprint density at radius 1 is 1.27 bits per heavy atom. The van der Waals surface area contributed by atoms with Gasteiger partial charge in [0.25, 0.3) is 0 Å². The van der Waals surface area contributed by atoms with Crippen LogP contribution in [-0.2, 0) is 9.53 Å². The Bertz CT molecular complexity index is 703. The number of hydrogen-bond donors (Lipinski definition) is 2. The standard InChI is InChI=1S/C19H26N2O4S/c1-5-7-10-25-14-9-8-13(11-15(14)23-4)17-16(18(22)24-6-2)12(3)20-19(26)21-17/h8-9,11,17H,5-7,10H2,1-4H3,(H2,20,21,26). The molecule has 0 bridgehead atoms. The molecule has 0 saturated heterocycles. The molecule has 142 valence electrons. The molecule has 1 aliphatic heterocycles. The second kappa shape index (κ2) is 9.43. The summed E-state index contributed by atoms with van der Waals surface area (Å²) in [6, 6.07) is 5.21. The molecule has 1 aromatic rings. The van der Waals surface area contributed by atoms with Gasteiger partial charge in [-0.15, -0.1) is 0 Å². The van der Waals surface area contributed by atoms with E-state index in [4.69, 9.17) is 26.4 Å². The zero-order chi connectivity index (χ0) is 19.1. The van der Waals surface area contributed by atoms with Crippen molar-refractivity contribution in [2.24, 2.45) is 0 Å². The Morgan fingerprint density at radius 2 is 2.04 bits per heavy atom. The molecule has 0 radical (unpaired) electrons. The predicted octanol–water partition coefficient (Wildman–Crippen LogP) is 3.23. The quantitative estimate of drug-likeness (QED) is 0.409. The lowest BCUT2D eigenvalue weighted by Gasteiger charge is -2.30. The molecular weight excluding hydrogens is 352 g/mol. The Morgan fingerprint density at radius 3 is 2.69 bits per heavy atom. The first-order chi connectivity index (χ1) is 12.5. The number of nitrogens with one attached hydrogen (secondary N) is 2. The third-order valence-corrected chi connectivity index (χ3v) is 4.26. The number of hydrogen-bond acceptors (Lipinski definition) is 5. The highest BCUT2D eigenvalue weighted by atomic mass is 32.1. The smallest absolute Gasteiger partial charge is 0.338 e. The highest BCUT2D eigenvalue weighted by Gasteiger charge is 2.31. The number of unbranched alkanes of at least 4 members (excludes halogenated alkanes) is 1. The van der Waals surface area contributed by atoms with Crippen LogP contribution in [0, 0.1) is 0 Å². The van der Waals surface area contributed by atoms with Gasteiger partial charge in [0.2, 0.25) is 0 Å². The normalized spacial score (nSPS) is 16.6. The molecule has 7 heteroatoms. The largest absolute Gasteiger partial charge is 0.493 e. The lowest BCUT2D eigenvalue weighted by Crippen LogP contribution is -2.45. The van der Waals surface area contributed by atoms with E-state index in [1.54, 1.807) is 14.0 Å². The first kappa shape index (κ1) is 20.0. The molecule has 1 atom stereocenters. The fourth-order valence-electron chi connectivity index (χ4n) is 2.73. The predicted molar refractivity (Wildman–Crippen MR) is 104 cm³/mol. The second-order valence-corrected chi connectivity index (χ2v) is 6.31. The number of ether oxygens (including phenoxy) is 3. The van der Waals surface area contributed by atoms with Crippen molar-refractivity contribution in [3.63, 3.8) is 0 Å². The minimum atomic E-state index is -0.415. The van der Waals surface area contributed by atoms with E-state index in [-0.39, 0.29) is 5.97 Å². The van der Waals surface area contributed by atoms with Crippen molar-refractivity contribution in [1.29, 1.82) is 0 Å². The van der Waals surface area contributed by atoms with E-state index in [0.717, 1.165) is 18.4 Å². The molecule has 0 aliphatic carbocycles. The van der Waals surface area contributed by atoms with Crippen molar-refractivity contribution >= 4 is 23.3 Å². The van der Waals surface area contributed by atoms with Gasteiger partial charge >= 0.3 is 5.97 Å². The number of rotatable bonds is 8. The SMILES string of the molecule is CCCCOc1ccc(C2NC(=S)NC(C)=C2C(=O)OCC)cc1OC. The monoisotopic (exact) mass is 378 g/mol. The van der Waals surface area contributed by atoms with Crippen LogP contribution < -0.4 is 20.1 Å². The maximum atomic E-state index is 12.4. The summed E-state index contributed by atoms with van der Waals surface area (Å²) in [5.41, 5.74) is 2.03. The summed E-state index contributed by atoms with van der Waals surface area (Å²) in [5.74, 6) is 0.921. The zero-order valence-corrected chi connectivity index (χ0v) is 16.5. The number of thiocarbonyl (C=S) groups is 1. The van der Waals surface area contributed by atoms with E-state index in [9.17, 15) is 4.79 Å². The van der Waals surface area contributed by atoms with Crippen LogP contribution in [0.2, 0.25) is 0 Å². The van der Waals surface area contributed by atoms with Crippen molar-refractivity contribution < 1.29 is 19.0 Å². The third-order valence-electron chi connectivity index (χ3n) is 4.04. The first-order valence-corrected chi connectivity index (χ1v) is 9.18. The van der Waals surface area contributed by atoms with Crippen LogP contribution in [0.5, 0.6) is 11.5 Å². The number of esters is 1. The number of carbonyl (C=O) groups excluding carboxylic acids is 1. The van der Waals surface area contributed by atoms with E-state index >= 15 is 0 Å². The summed E-state index contributed by atoms with van der Waals surface area (Å²) in [7, 11) is 1.60. The molecule has 26 heavy (non-hydrogen) atoms.